The van der Waals surface area contributed by atoms with Crippen LogP contribution in [0.5, 0.6) is 0 Å². The van der Waals surface area contributed by atoms with E-state index in [9.17, 15) is 0 Å². The monoisotopic (exact) mass is 420 g/mol. The molecule has 0 spiro atoms. The minimum absolute atomic E-state index is 0.768. The molecule has 2 aromatic rings. The highest BCUT2D eigenvalue weighted by atomic mass is 15.1. The van der Waals surface area contributed by atoms with Crippen molar-refractivity contribution in [3.8, 4) is 0 Å². The fourth-order valence-corrected chi connectivity index (χ4v) is 4.11. The van der Waals surface area contributed by atoms with E-state index in [-0.39, 0.29) is 0 Å². The van der Waals surface area contributed by atoms with E-state index in [1.807, 2.05) is 6.08 Å². The average Bonchev–Trinajstić information content (AvgIpc) is 2.78. The zero-order valence-electron chi connectivity index (χ0n) is 20.4. The van der Waals surface area contributed by atoms with Crippen LogP contribution in [0.2, 0.25) is 0 Å². The third-order valence-corrected chi connectivity index (χ3v) is 6.02. The molecular weight excluding hydrogens is 376 g/mol. The normalized spacial score (nSPS) is 14.3. The zero-order chi connectivity index (χ0) is 22.5. The van der Waals surface area contributed by atoms with Gasteiger partial charge in [0.2, 0.25) is 0 Å². The van der Waals surface area contributed by atoms with Gasteiger partial charge < -0.3 is 10.2 Å². The Morgan fingerprint density at radius 2 is 1.55 bits per heavy atom. The van der Waals surface area contributed by atoms with Crippen molar-refractivity contribution in [2.75, 3.05) is 26.0 Å². The van der Waals surface area contributed by atoms with Gasteiger partial charge >= 0.3 is 0 Å². The second kappa shape index (κ2) is 14.1. The van der Waals surface area contributed by atoms with Crippen LogP contribution in [-0.4, -0.2) is 25.5 Å². The van der Waals surface area contributed by atoms with Crippen LogP contribution in [0.1, 0.15) is 69.1 Å². The third kappa shape index (κ3) is 10.7. The molecule has 1 N–H and O–H groups in total. The molecule has 1 aliphatic carbocycles. The van der Waals surface area contributed by atoms with Gasteiger partial charge in [0.25, 0.3) is 0 Å². The van der Waals surface area contributed by atoms with Gasteiger partial charge in [-0.05, 0) is 80.4 Å². The Morgan fingerprint density at radius 1 is 0.935 bits per heavy atom. The molecule has 2 aromatic carbocycles. The van der Waals surface area contributed by atoms with Gasteiger partial charge in [0, 0.05) is 18.8 Å². The average molecular weight is 421 g/mol. The second-order valence-electron chi connectivity index (χ2n) is 9.69. The van der Waals surface area contributed by atoms with Crippen molar-refractivity contribution in [2.24, 2.45) is 11.8 Å². The number of anilines is 1. The summed E-state index contributed by atoms with van der Waals surface area (Å²) < 4.78 is 0. The van der Waals surface area contributed by atoms with Crippen LogP contribution in [0.4, 0.5) is 5.69 Å². The maximum Gasteiger partial charge on any atom is 0.0400 e. The minimum Gasteiger partial charge on any atom is -0.381 e. The number of benzene rings is 2. The van der Waals surface area contributed by atoms with E-state index in [0.29, 0.717) is 0 Å². The van der Waals surface area contributed by atoms with Crippen molar-refractivity contribution in [3.63, 3.8) is 0 Å². The highest BCUT2D eigenvalue weighted by molar-refractivity contribution is 5.53. The van der Waals surface area contributed by atoms with Crippen LogP contribution in [0.25, 0.3) is 6.08 Å². The molecule has 2 heteroatoms. The molecule has 0 amide bonds. The molecule has 0 heterocycles. The molecule has 0 aromatic heterocycles. The van der Waals surface area contributed by atoms with E-state index in [2.05, 4.69) is 93.3 Å². The predicted octanol–water partition coefficient (Wildman–Crippen LogP) is 7.66. The summed E-state index contributed by atoms with van der Waals surface area (Å²) in [7, 11) is 4.35. The lowest BCUT2D eigenvalue weighted by Gasteiger charge is -2.24. The fraction of sp³-hybridized carbons (Fsp3) is 0.517. The van der Waals surface area contributed by atoms with Crippen molar-refractivity contribution in [2.45, 2.75) is 65.3 Å². The topological polar surface area (TPSA) is 15.3 Å². The summed E-state index contributed by atoms with van der Waals surface area (Å²) in [6.45, 7) is 10.5. The van der Waals surface area contributed by atoms with E-state index in [1.165, 1.54) is 62.6 Å². The molecule has 0 saturated heterocycles. The van der Waals surface area contributed by atoms with Crippen LogP contribution in [0.3, 0.4) is 0 Å². The van der Waals surface area contributed by atoms with Crippen LogP contribution in [-0.2, 0) is 13.0 Å². The molecule has 0 atom stereocenters. The van der Waals surface area contributed by atoms with Gasteiger partial charge in [0.1, 0.15) is 0 Å². The van der Waals surface area contributed by atoms with Gasteiger partial charge in [-0.15, -0.1) is 0 Å². The summed E-state index contributed by atoms with van der Waals surface area (Å²) in [5.74, 6) is 1.77. The molecule has 170 valence electrons. The van der Waals surface area contributed by atoms with E-state index in [1.54, 1.807) is 0 Å². The largest absolute Gasteiger partial charge is 0.381 e. The Hall–Kier alpha value is -2.06. The van der Waals surface area contributed by atoms with Crippen molar-refractivity contribution >= 4 is 11.8 Å². The van der Waals surface area contributed by atoms with E-state index in [0.717, 1.165) is 29.6 Å². The Kier molecular flexibility index (Phi) is 11.5. The van der Waals surface area contributed by atoms with E-state index >= 15 is 0 Å². The molecule has 31 heavy (non-hydrogen) atoms. The molecule has 0 aliphatic heterocycles. The SMILES string of the molecule is C=Cc1ccc(NCc2ccc(CCC(C)C)cc2)cc1.CN(C)CC1CCCCC1. The van der Waals surface area contributed by atoms with Crippen molar-refractivity contribution in [1.82, 2.24) is 4.90 Å². The zero-order valence-corrected chi connectivity index (χ0v) is 20.4. The first-order chi connectivity index (χ1) is 15.0. The number of aryl methyl sites for hydroxylation is 1. The summed E-state index contributed by atoms with van der Waals surface area (Å²) in [4.78, 5) is 2.32. The Labute approximate surface area is 191 Å². The van der Waals surface area contributed by atoms with Gasteiger partial charge in [0.15, 0.2) is 0 Å². The third-order valence-electron chi connectivity index (χ3n) is 6.02. The van der Waals surface area contributed by atoms with Crippen molar-refractivity contribution < 1.29 is 0 Å². The summed E-state index contributed by atoms with van der Waals surface area (Å²) in [6, 6.07) is 17.3. The number of nitrogens with zero attached hydrogens (tertiary/aromatic N) is 1. The van der Waals surface area contributed by atoms with Crippen LogP contribution in [0, 0.1) is 11.8 Å². The lowest BCUT2D eigenvalue weighted by Crippen LogP contribution is -2.23. The number of hydrogen-bond donors (Lipinski definition) is 1. The first-order valence-electron chi connectivity index (χ1n) is 12.1. The molecule has 1 aliphatic rings. The number of nitrogens with one attached hydrogen (secondary N) is 1. The number of rotatable bonds is 9. The first kappa shape index (κ1) is 25.2. The highest BCUT2D eigenvalue weighted by Crippen LogP contribution is 2.23. The molecule has 2 nitrogen and oxygen atoms in total. The van der Waals surface area contributed by atoms with Gasteiger partial charge in [-0.1, -0.05) is 82.2 Å². The van der Waals surface area contributed by atoms with Crippen molar-refractivity contribution in [3.05, 3.63) is 71.8 Å². The summed E-state index contributed by atoms with van der Waals surface area (Å²) in [6.07, 6.45) is 11.7. The molecule has 1 saturated carbocycles. The Balaban J connectivity index is 0.000000285. The maximum absolute atomic E-state index is 3.77. The molecule has 0 radical (unpaired) electrons. The first-order valence-corrected chi connectivity index (χ1v) is 12.1. The lowest BCUT2D eigenvalue weighted by atomic mass is 9.89. The predicted molar refractivity (Wildman–Crippen MR) is 139 cm³/mol. The van der Waals surface area contributed by atoms with Gasteiger partial charge in [-0.2, -0.15) is 0 Å². The Morgan fingerprint density at radius 3 is 2.10 bits per heavy atom. The van der Waals surface area contributed by atoms with E-state index < -0.39 is 0 Å². The number of hydrogen-bond acceptors (Lipinski definition) is 2. The van der Waals surface area contributed by atoms with Crippen molar-refractivity contribution in [1.29, 1.82) is 0 Å². The van der Waals surface area contributed by atoms with E-state index in [4.69, 9.17) is 0 Å². The molecule has 3 rings (SSSR count). The fourth-order valence-electron chi connectivity index (χ4n) is 4.11. The lowest BCUT2D eigenvalue weighted by molar-refractivity contribution is 0.264. The van der Waals surface area contributed by atoms with Crippen LogP contribution < -0.4 is 5.32 Å². The molecular formula is C29H44N2. The minimum atomic E-state index is 0.768. The quantitative estimate of drug-likeness (QED) is 0.448. The maximum atomic E-state index is 3.77. The standard InChI is InChI=1S/C20H25N.C9H19N/c1-4-17-11-13-20(14-12-17)21-15-19-9-7-18(8-10-19)6-5-16(2)3;1-10(2)8-9-6-4-3-5-7-9/h4,7-14,16,21H,1,5-6,15H2,2-3H3;9H,3-8H2,1-2H3. The van der Waals surface area contributed by atoms with Gasteiger partial charge in [0.05, 0.1) is 0 Å². The Bertz CT molecular complexity index is 722. The van der Waals surface area contributed by atoms with Crippen LogP contribution in [0.15, 0.2) is 55.1 Å². The highest BCUT2D eigenvalue weighted by Gasteiger charge is 2.13. The van der Waals surface area contributed by atoms with Gasteiger partial charge in [-0.25, -0.2) is 0 Å². The summed E-state index contributed by atoms with van der Waals surface area (Å²) >= 11 is 0. The van der Waals surface area contributed by atoms with Crippen LogP contribution >= 0.6 is 0 Å². The molecule has 1 fully saturated rings. The smallest absolute Gasteiger partial charge is 0.0400 e. The second-order valence-corrected chi connectivity index (χ2v) is 9.69. The molecule has 0 bridgehead atoms. The molecule has 0 unspecified atom stereocenters. The summed E-state index contributed by atoms with van der Waals surface area (Å²) in [5, 5.41) is 3.45. The van der Waals surface area contributed by atoms with Gasteiger partial charge in [-0.3, -0.25) is 0 Å². The summed E-state index contributed by atoms with van der Waals surface area (Å²) in [5.41, 5.74) is 5.04.